The summed E-state index contributed by atoms with van der Waals surface area (Å²) in [7, 11) is 0. The normalized spacial score (nSPS) is 19.1. The number of rotatable bonds is 9. The molecule has 1 heteroatoms. The van der Waals surface area contributed by atoms with Crippen molar-refractivity contribution in [3.8, 4) is 0 Å². The van der Waals surface area contributed by atoms with E-state index in [9.17, 15) is 0 Å². The van der Waals surface area contributed by atoms with Crippen LogP contribution in [0.1, 0.15) is 66.7 Å². The van der Waals surface area contributed by atoms with Crippen LogP contribution in [-0.2, 0) is 0 Å². The quantitative estimate of drug-likeness (QED) is 0.616. The molecule has 0 aromatic heterocycles. The highest BCUT2D eigenvalue weighted by Crippen LogP contribution is 2.25. The molecule has 0 spiro atoms. The van der Waals surface area contributed by atoms with Gasteiger partial charge in [0, 0.05) is 6.61 Å². The van der Waals surface area contributed by atoms with Crippen LogP contribution in [0.15, 0.2) is 0 Å². The lowest BCUT2D eigenvalue weighted by Crippen LogP contribution is -2.12. The van der Waals surface area contributed by atoms with Crippen LogP contribution in [0.5, 0.6) is 0 Å². The molecule has 0 aliphatic carbocycles. The molecule has 0 fully saturated rings. The van der Waals surface area contributed by atoms with E-state index in [-0.39, 0.29) is 0 Å². The van der Waals surface area contributed by atoms with Crippen molar-refractivity contribution in [2.24, 2.45) is 23.7 Å². The first-order valence-corrected chi connectivity index (χ1v) is 7.10. The molecule has 1 nitrogen and oxygen atoms in total. The summed E-state index contributed by atoms with van der Waals surface area (Å²) in [6.07, 6.45) is 6.53. The summed E-state index contributed by atoms with van der Waals surface area (Å²) in [6.45, 7) is 11.8. The second kappa shape index (κ2) is 9.04. The lowest BCUT2D eigenvalue weighted by atomic mass is 9.85. The fraction of sp³-hybridized carbons (Fsp3) is 1.00. The molecule has 16 heavy (non-hydrogen) atoms. The molecule has 0 aromatic rings. The van der Waals surface area contributed by atoms with Crippen molar-refractivity contribution in [2.45, 2.75) is 66.7 Å². The van der Waals surface area contributed by atoms with Crippen LogP contribution in [0.4, 0.5) is 0 Å². The molecule has 0 bridgehead atoms. The van der Waals surface area contributed by atoms with Gasteiger partial charge in [-0.1, -0.05) is 47.5 Å². The molecule has 0 aliphatic rings. The molecule has 0 saturated carbocycles. The largest absolute Gasteiger partial charge is 0.396 e. The van der Waals surface area contributed by atoms with Gasteiger partial charge in [0.25, 0.3) is 0 Å². The predicted octanol–water partition coefficient (Wildman–Crippen LogP) is 4.49. The molecule has 0 rings (SSSR count). The standard InChI is InChI=1S/C15H32O/c1-6-7-12(2)8-13(3)9-14(4)10-15(5)11-16/h12-16H,6-11H2,1-5H3/t12-,13+,14-,15-/m1/s1. The second-order valence-corrected chi connectivity index (χ2v) is 6.10. The number of aliphatic hydroxyl groups is 1. The maximum Gasteiger partial charge on any atom is 0.0456 e. The van der Waals surface area contributed by atoms with Crippen molar-refractivity contribution in [3.63, 3.8) is 0 Å². The minimum absolute atomic E-state index is 0.338. The fourth-order valence-corrected chi connectivity index (χ4v) is 2.94. The Labute approximate surface area is 103 Å². The van der Waals surface area contributed by atoms with E-state index in [4.69, 9.17) is 5.11 Å². The minimum Gasteiger partial charge on any atom is -0.396 e. The van der Waals surface area contributed by atoms with Gasteiger partial charge in [0.1, 0.15) is 0 Å². The van der Waals surface area contributed by atoms with E-state index < -0.39 is 0 Å². The fourth-order valence-electron chi connectivity index (χ4n) is 2.94. The van der Waals surface area contributed by atoms with Gasteiger partial charge in [-0.2, -0.15) is 0 Å². The molecule has 0 aromatic carbocycles. The van der Waals surface area contributed by atoms with Crippen molar-refractivity contribution in [1.29, 1.82) is 0 Å². The van der Waals surface area contributed by atoms with Gasteiger partial charge in [0.2, 0.25) is 0 Å². The lowest BCUT2D eigenvalue weighted by molar-refractivity contribution is 0.204. The Kier molecular flexibility index (Phi) is 9.02. The Bertz CT molecular complexity index is 156. The zero-order valence-corrected chi connectivity index (χ0v) is 12.0. The van der Waals surface area contributed by atoms with Gasteiger partial charge in [-0.3, -0.25) is 0 Å². The van der Waals surface area contributed by atoms with Gasteiger partial charge in [0.05, 0.1) is 0 Å². The number of hydrogen-bond acceptors (Lipinski definition) is 1. The van der Waals surface area contributed by atoms with Gasteiger partial charge >= 0.3 is 0 Å². The van der Waals surface area contributed by atoms with Gasteiger partial charge in [-0.25, -0.2) is 0 Å². The van der Waals surface area contributed by atoms with Crippen LogP contribution in [-0.4, -0.2) is 11.7 Å². The Hall–Kier alpha value is -0.0400. The summed E-state index contributed by atoms with van der Waals surface area (Å²) in [6, 6.07) is 0. The monoisotopic (exact) mass is 228 g/mol. The average molecular weight is 228 g/mol. The minimum atomic E-state index is 0.338. The summed E-state index contributed by atoms with van der Waals surface area (Å²) in [5.41, 5.74) is 0. The van der Waals surface area contributed by atoms with Crippen molar-refractivity contribution >= 4 is 0 Å². The average Bonchev–Trinajstić information content (AvgIpc) is 2.16. The highest BCUT2D eigenvalue weighted by Gasteiger charge is 2.14. The molecule has 0 saturated heterocycles. The van der Waals surface area contributed by atoms with Gasteiger partial charge in [-0.15, -0.1) is 0 Å². The van der Waals surface area contributed by atoms with E-state index in [1.165, 1.54) is 32.1 Å². The van der Waals surface area contributed by atoms with E-state index in [1.54, 1.807) is 0 Å². The van der Waals surface area contributed by atoms with E-state index in [0.717, 1.165) is 17.8 Å². The Morgan fingerprint density at radius 3 is 1.62 bits per heavy atom. The van der Waals surface area contributed by atoms with Crippen LogP contribution in [0.2, 0.25) is 0 Å². The topological polar surface area (TPSA) is 20.2 Å². The van der Waals surface area contributed by atoms with Gasteiger partial charge in [-0.05, 0) is 42.9 Å². The van der Waals surface area contributed by atoms with Crippen molar-refractivity contribution in [1.82, 2.24) is 0 Å². The highest BCUT2D eigenvalue weighted by molar-refractivity contribution is 4.65. The summed E-state index contributed by atoms with van der Waals surface area (Å²) in [5, 5.41) is 9.03. The van der Waals surface area contributed by atoms with Gasteiger partial charge in [0.15, 0.2) is 0 Å². The van der Waals surface area contributed by atoms with E-state index in [0.29, 0.717) is 12.5 Å². The maximum atomic E-state index is 9.03. The third-order valence-electron chi connectivity index (χ3n) is 3.51. The molecule has 98 valence electrons. The maximum absolute atomic E-state index is 9.03. The molecule has 0 aliphatic heterocycles. The predicted molar refractivity (Wildman–Crippen MR) is 72.5 cm³/mol. The number of hydrogen-bond donors (Lipinski definition) is 1. The number of aliphatic hydroxyl groups excluding tert-OH is 1. The third-order valence-corrected chi connectivity index (χ3v) is 3.51. The molecule has 0 radical (unpaired) electrons. The summed E-state index contributed by atoms with van der Waals surface area (Å²) < 4.78 is 0. The molecule has 0 amide bonds. The zero-order valence-electron chi connectivity index (χ0n) is 12.0. The SMILES string of the molecule is CCC[C@@H](C)C[C@H](C)C[C@@H](C)C[C@@H](C)CO. The highest BCUT2D eigenvalue weighted by atomic mass is 16.3. The van der Waals surface area contributed by atoms with Crippen LogP contribution in [0.25, 0.3) is 0 Å². The van der Waals surface area contributed by atoms with Gasteiger partial charge < -0.3 is 5.11 Å². The molecule has 4 atom stereocenters. The first-order chi connectivity index (χ1) is 7.49. The zero-order chi connectivity index (χ0) is 12.6. The smallest absolute Gasteiger partial charge is 0.0456 e. The Morgan fingerprint density at radius 2 is 1.19 bits per heavy atom. The summed E-state index contributed by atoms with van der Waals surface area (Å²) in [5.74, 6) is 2.94. The molecule has 0 unspecified atom stereocenters. The van der Waals surface area contributed by atoms with Crippen molar-refractivity contribution in [2.75, 3.05) is 6.61 Å². The molecular formula is C15H32O. The first-order valence-electron chi connectivity index (χ1n) is 7.10. The van der Waals surface area contributed by atoms with Crippen molar-refractivity contribution < 1.29 is 5.11 Å². The Morgan fingerprint density at radius 1 is 0.750 bits per heavy atom. The molecule has 1 N–H and O–H groups in total. The van der Waals surface area contributed by atoms with E-state index in [1.807, 2.05) is 0 Å². The summed E-state index contributed by atoms with van der Waals surface area (Å²) >= 11 is 0. The molecule has 0 heterocycles. The summed E-state index contributed by atoms with van der Waals surface area (Å²) in [4.78, 5) is 0. The second-order valence-electron chi connectivity index (χ2n) is 6.10. The van der Waals surface area contributed by atoms with Crippen LogP contribution in [0.3, 0.4) is 0 Å². The van der Waals surface area contributed by atoms with E-state index >= 15 is 0 Å². The lowest BCUT2D eigenvalue weighted by Gasteiger charge is -2.22. The Balaban J connectivity index is 3.72. The third kappa shape index (κ3) is 8.15. The van der Waals surface area contributed by atoms with E-state index in [2.05, 4.69) is 34.6 Å². The van der Waals surface area contributed by atoms with Crippen LogP contribution >= 0.6 is 0 Å². The molecular weight excluding hydrogens is 196 g/mol. The van der Waals surface area contributed by atoms with Crippen LogP contribution < -0.4 is 0 Å². The first kappa shape index (κ1) is 16.0. The van der Waals surface area contributed by atoms with Crippen LogP contribution in [0, 0.1) is 23.7 Å². The van der Waals surface area contributed by atoms with Crippen molar-refractivity contribution in [3.05, 3.63) is 0 Å².